The van der Waals surface area contributed by atoms with Gasteiger partial charge in [-0.25, -0.2) is 9.18 Å². The molecule has 2 aromatic carbocycles. The second-order valence-corrected chi connectivity index (χ2v) is 6.46. The van der Waals surface area contributed by atoms with Gasteiger partial charge in [0.2, 0.25) is 0 Å². The molecule has 1 N–H and O–H groups in total. The summed E-state index contributed by atoms with van der Waals surface area (Å²) in [6.07, 6.45) is 0. The lowest BCUT2D eigenvalue weighted by molar-refractivity contribution is -0.384. The summed E-state index contributed by atoms with van der Waals surface area (Å²) in [5, 5.41) is 14.1. The first kappa shape index (κ1) is 20.7. The maximum Gasteiger partial charge on any atom is 0.338 e. The lowest BCUT2D eigenvalue weighted by Gasteiger charge is -2.09. The van der Waals surface area contributed by atoms with Gasteiger partial charge in [-0.05, 0) is 24.3 Å². The molecule has 9 heteroatoms. The normalized spacial score (nSPS) is 10.4. The Kier molecular flexibility index (Phi) is 8.02. The summed E-state index contributed by atoms with van der Waals surface area (Å²) >= 11 is 1.22. The topological polar surface area (TPSA) is 90.7 Å². The zero-order chi connectivity index (χ0) is 19.6. The number of ether oxygens (including phenoxy) is 2. The first-order chi connectivity index (χ1) is 13.0. The highest BCUT2D eigenvalue weighted by molar-refractivity contribution is 7.99. The van der Waals surface area contributed by atoms with E-state index in [9.17, 15) is 19.3 Å². The third kappa shape index (κ3) is 6.22. The first-order valence-electron chi connectivity index (χ1n) is 8.08. The van der Waals surface area contributed by atoms with Crippen LogP contribution in [0.25, 0.3) is 0 Å². The zero-order valence-corrected chi connectivity index (χ0v) is 15.5. The van der Waals surface area contributed by atoms with E-state index in [-0.39, 0.29) is 23.7 Å². The van der Waals surface area contributed by atoms with Crippen LogP contribution in [0.15, 0.2) is 47.4 Å². The van der Waals surface area contributed by atoms with Crippen LogP contribution in [-0.2, 0) is 9.47 Å². The van der Waals surface area contributed by atoms with Gasteiger partial charge in [-0.2, -0.15) is 0 Å². The molecule has 0 atom stereocenters. The quantitative estimate of drug-likeness (QED) is 0.216. The van der Waals surface area contributed by atoms with Gasteiger partial charge in [0, 0.05) is 30.4 Å². The predicted molar refractivity (Wildman–Crippen MR) is 101 cm³/mol. The minimum Gasteiger partial charge on any atom is -0.461 e. The Bertz CT molecular complexity index is 803. The van der Waals surface area contributed by atoms with Crippen LogP contribution in [0.5, 0.6) is 0 Å². The van der Waals surface area contributed by atoms with Crippen molar-refractivity contribution in [2.45, 2.75) is 4.90 Å². The van der Waals surface area contributed by atoms with Crippen molar-refractivity contribution in [1.82, 2.24) is 0 Å². The molecule has 144 valence electrons. The van der Waals surface area contributed by atoms with Gasteiger partial charge in [0.25, 0.3) is 5.69 Å². The van der Waals surface area contributed by atoms with Crippen LogP contribution in [0.4, 0.5) is 15.8 Å². The van der Waals surface area contributed by atoms with E-state index in [1.807, 2.05) is 0 Å². The van der Waals surface area contributed by atoms with Crippen molar-refractivity contribution in [3.8, 4) is 0 Å². The van der Waals surface area contributed by atoms with E-state index < -0.39 is 10.9 Å². The molecule has 2 aromatic rings. The van der Waals surface area contributed by atoms with E-state index in [0.29, 0.717) is 29.5 Å². The van der Waals surface area contributed by atoms with Gasteiger partial charge >= 0.3 is 5.97 Å². The average Bonchev–Trinajstić information content (AvgIpc) is 2.66. The van der Waals surface area contributed by atoms with Gasteiger partial charge in [0.05, 0.1) is 17.1 Å². The number of nitrogens with one attached hydrogen (secondary N) is 1. The SMILES string of the molecule is COCCNc1ccc(C(=O)OCCSc2ccccc2F)cc1[N+](=O)[O-]. The van der Waals surface area contributed by atoms with Crippen LogP contribution < -0.4 is 5.32 Å². The van der Waals surface area contributed by atoms with E-state index in [1.165, 1.54) is 43.1 Å². The number of nitrogens with zero attached hydrogens (tertiary/aromatic N) is 1. The minimum atomic E-state index is -0.671. The van der Waals surface area contributed by atoms with Gasteiger partial charge in [0.15, 0.2) is 0 Å². The van der Waals surface area contributed by atoms with Gasteiger partial charge in [-0.15, -0.1) is 11.8 Å². The molecule has 0 saturated heterocycles. The minimum absolute atomic E-state index is 0.0550. The van der Waals surface area contributed by atoms with Gasteiger partial charge in [0.1, 0.15) is 18.1 Å². The number of hydrogen-bond donors (Lipinski definition) is 1. The van der Waals surface area contributed by atoms with E-state index >= 15 is 0 Å². The summed E-state index contributed by atoms with van der Waals surface area (Å²) in [6, 6.07) is 10.4. The van der Waals surface area contributed by atoms with Crippen LogP contribution in [0.3, 0.4) is 0 Å². The second-order valence-electron chi connectivity index (χ2n) is 5.32. The summed E-state index contributed by atoms with van der Waals surface area (Å²) in [5.74, 6) is -0.637. The smallest absolute Gasteiger partial charge is 0.338 e. The van der Waals surface area contributed by atoms with Crippen LogP contribution >= 0.6 is 11.8 Å². The van der Waals surface area contributed by atoms with E-state index in [1.54, 1.807) is 18.2 Å². The molecule has 27 heavy (non-hydrogen) atoms. The molecule has 0 fully saturated rings. The molecule has 0 aliphatic carbocycles. The molecular formula is C18H19FN2O5S. The number of methoxy groups -OCH3 is 1. The number of thioether (sulfide) groups is 1. The molecule has 0 amide bonds. The standard InChI is InChI=1S/C18H19FN2O5S/c1-25-9-8-20-15-7-6-13(12-16(15)21(23)24)18(22)26-10-11-27-17-5-3-2-4-14(17)19/h2-7,12,20H,8-11H2,1H3. The second kappa shape index (κ2) is 10.5. The van der Waals surface area contributed by atoms with Crippen LogP contribution in [0.1, 0.15) is 10.4 Å². The summed E-state index contributed by atoms with van der Waals surface area (Å²) in [6.45, 7) is 0.842. The maximum atomic E-state index is 13.5. The highest BCUT2D eigenvalue weighted by atomic mass is 32.2. The van der Waals surface area contributed by atoms with Crippen molar-refractivity contribution < 1.29 is 23.6 Å². The number of nitro benzene ring substituents is 1. The molecule has 0 bridgehead atoms. The van der Waals surface area contributed by atoms with Crippen molar-refractivity contribution >= 4 is 29.1 Å². The van der Waals surface area contributed by atoms with Gasteiger partial charge < -0.3 is 14.8 Å². The Morgan fingerprint density at radius 1 is 1.26 bits per heavy atom. The molecule has 0 heterocycles. The van der Waals surface area contributed by atoms with E-state index in [4.69, 9.17) is 9.47 Å². The predicted octanol–water partition coefficient (Wildman–Crippen LogP) is 3.74. The Morgan fingerprint density at radius 2 is 2.04 bits per heavy atom. The molecule has 0 aromatic heterocycles. The number of anilines is 1. The van der Waals surface area contributed by atoms with Gasteiger partial charge in [-0.3, -0.25) is 10.1 Å². The molecule has 7 nitrogen and oxygen atoms in total. The number of rotatable bonds is 10. The molecule has 0 aliphatic rings. The highest BCUT2D eigenvalue weighted by Gasteiger charge is 2.18. The van der Waals surface area contributed by atoms with Crippen molar-refractivity contribution in [3.63, 3.8) is 0 Å². The third-order valence-electron chi connectivity index (χ3n) is 3.46. The summed E-state index contributed by atoms with van der Waals surface area (Å²) in [4.78, 5) is 23.2. The zero-order valence-electron chi connectivity index (χ0n) is 14.6. The van der Waals surface area contributed by atoms with Crippen LogP contribution in [0, 0.1) is 15.9 Å². The number of hydrogen-bond acceptors (Lipinski definition) is 7. The Morgan fingerprint density at radius 3 is 2.74 bits per heavy atom. The molecule has 0 spiro atoms. The Labute approximate surface area is 160 Å². The lowest BCUT2D eigenvalue weighted by atomic mass is 10.1. The lowest BCUT2D eigenvalue weighted by Crippen LogP contribution is -2.11. The monoisotopic (exact) mass is 394 g/mol. The van der Waals surface area contributed by atoms with Crippen LogP contribution in [-0.4, -0.2) is 43.5 Å². The third-order valence-corrected chi connectivity index (χ3v) is 4.48. The van der Waals surface area contributed by atoms with Crippen LogP contribution in [0.2, 0.25) is 0 Å². The molecule has 0 unspecified atom stereocenters. The average molecular weight is 394 g/mol. The number of halogens is 1. The first-order valence-corrected chi connectivity index (χ1v) is 9.07. The number of carbonyl (C=O) groups excluding carboxylic acids is 1. The maximum absolute atomic E-state index is 13.5. The van der Waals surface area contributed by atoms with Gasteiger partial charge in [-0.1, -0.05) is 12.1 Å². The Hall–Kier alpha value is -2.65. The number of nitro groups is 1. The Balaban J connectivity index is 1.92. The molecule has 0 radical (unpaired) electrons. The number of carbonyl (C=O) groups is 1. The molecule has 0 saturated carbocycles. The summed E-state index contributed by atoms with van der Waals surface area (Å²) in [5.41, 5.74) is 0.153. The van der Waals surface area contributed by atoms with Crippen molar-refractivity contribution in [2.24, 2.45) is 0 Å². The van der Waals surface area contributed by atoms with Crippen molar-refractivity contribution in [2.75, 3.05) is 37.9 Å². The summed E-state index contributed by atoms with van der Waals surface area (Å²) < 4.78 is 23.5. The fourth-order valence-corrected chi connectivity index (χ4v) is 2.95. The molecule has 2 rings (SSSR count). The fraction of sp³-hybridized carbons (Fsp3) is 0.278. The van der Waals surface area contributed by atoms with E-state index in [2.05, 4.69) is 5.32 Å². The largest absolute Gasteiger partial charge is 0.461 e. The fourth-order valence-electron chi connectivity index (χ4n) is 2.18. The number of esters is 1. The van der Waals surface area contributed by atoms with Crippen molar-refractivity contribution in [3.05, 3.63) is 64.0 Å². The summed E-state index contributed by atoms with van der Waals surface area (Å²) in [7, 11) is 1.53. The number of benzene rings is 2. The van der Waals surface area contributed by atoms with Crippen molar-refractivity contribution in [1.29, 1.82) is 0 Å². The van der Waals surface area contributed by atoms with E-state index in [0.717, 1.165) is 0 Å². The highest BCUT2D eigenvalue weighted by Crippen LogP contribution is 2.26. The molecular weight excluding hydrogens is 375 g/mol. The molecule has 0 aliphatic heterocycles.